The molecule has 0 aromatic heterocycles. The van der Waals surface area contributed by atoms with E-state index in [-0.39, 0.29) is 6.04 Å². The molecular weight excluding hydrogens is 248 g/mol. The molecule has 0 aliphatic carbocycles. The van der Waals surface area contributed by atoms with Crippen molar-refractivity contribution in [2.45, 2.75) is 51.9 Å². The molecule has 0 amide bonds. The Hall–Kier alpha value is -0.900. The van der Waals surface area contributed by atoms with E-state index in [1.165, 1.54) is 5.56 Å². The Bertz CT molecular complexity index is 419. The molecule has 1 aliphatic heterocycles. The first-order chi connectivity index (χ1) is 9.40. The van der Waals surface area contributed by atoms with Crippen LogP contribution >= 0.6 is 0 Å². The average molecular weight is 276 g/mol. The number of nitrogens with zero attached hydrogens (tertiary/aromatic N) is 2. The van der Waals surface area contributed by atoms with Gasteiger partial charge in [0, 0.05) is 31.2 Å². The molecule has 1 N–H and O–H groups in total. The average Bonchev–Trinajstić information content (AvgIpc) is 2.43. The van der Waals surface area contributed by atoms with E-state index in [1.54, 1.807) is 0 Å². The standard InChI is InChI=1S/C17H28N2O/c1-12-6-8-16(9-7-12)17(20)15(4)19-10-13(2)18(5)14(3)11-19/h6-9,13-15,17,20H,10-11H2,1-5H3. The molecule has 3 heteroatoms. The van der Waals surface area contributed by atoms with E-state index in [4.69, 9.17) is 0 Å². The van der Waals surface area contributed by atoms with Crippen LogP contribution in [0, 0.1) is 6.92 Å². The van der Waals surface area contributed by atoms with Crippen LogP contribution in [-0.4, -0.2) is 53.2 Å². The minimum absolute atomic E-state index is 0.149. The first kappa shape index (κ1) is 15.5. The largest absolute Gasteiger partial charge is 0.387 e. The Morgan fingerprint density at radius 3 is 2.10 bits per heavy atom. The number of hydrogen-bond acceptors (Lipinski definition) is 3. The number of benzene rings is 1. The van der Waals surface area contributed by atoms with Gasteiger partial charge in [-0.15, -0.1) is 0 Å². The molecule has 0 spiro atoms. The second kappa shape index (κ2) is 6.25. The smallest absolute Gasteiger partial charge is 0.0942 e. The zero-order valence-corrected chi connectivity index (χ0v) is 13.4. The van der Waals surface area contributed by atoms with Crippen molar-refractivity contribution >= 4 is 0 Å². The van der Waals surface area contributed by atoms with Gasteiger partial charge in [-0.2, -0.15) is 0 Å². The second-order valence-electron chi connectivity index (χ2n) is 6.41. The third-order valence-corrected chi connectivity index (χ3v) is 4.84. The molecule has 1 fully saturated rings. The predicted octanol–water partition coefficient (Wildman–Crippen LogP) is 2.44. The molecule has 1 aliphatic rings. The van der Waals surface area contributed by atoms with Crippen molar-refractivity contribution in [3.8, 4) is 0 Å². The van der Waals surface area contributed by atoms with E-state index in [0.717, 1.165) is 18.7 Å². The fourth-order valence-electron chi connectivity index (χ4n) is 3.02. The number of aryl methyl sites for hydroxylation is 1. The van der Waals surface area contributed by atoms with Crippen molar-refractivity contribution in [3.05, 3.63) is 35.4 Å². The lowest BCUT2D eigenvalue weighted by Crippen LogP contribution is -2.57. The maximum atomic E-state index is 10.6. The summed E-state index contributed by atoms with van der Waals surface area (Å²) < 4.78 is 0. The fraction of sp³-hybridized carbons (Fsp3) is 0.647. The molecule has 1 aromatic rings. The molecule has 0 radical (unpaired) electrons. The van der Waals surface area contributed by atoms with E-state index in [2.05, 4.69) is 56.7 Å². The lowest BCUT2D eigenvalue weighted by atomic mass is 9.98. The summed E-state index contributed by atoms with van der Waals surface area (Å²) >= 11 is 0. The van der Waals surface area contributed by atoms with Crippen LogP contribution in [0.15, 0.2) is 24.3 Å². The van der Waals surface area contributed by atoms with Crippen molar-refractivity contribution in [2.24, 2.45) is 0 Å². The van der Waals surface area contributed by atoms with Gasteiger partial charge in [-0.3, -0.25) is 9.80 Å². The topological polar surface area (TPSA) is 26.7 Å². The molecule has 1 saturated heterocycles. The van der Waals surface area contributed by atoms with Crippen molar-refractivity contribution in [2.75, 3.05) is 20.1 Å². The zero-order valence-electron chi connectivity index (χ0n) is 13.4. The molecule has 3 nitrogen and oxygen atoms in total. The maximum Gasteiger partial charge on any atom is 0.0942 e. The SMILES string of the molecule is Cc1ccc(C(O)C(C)N2CC(C)N(C)C(C)C2)cc1. The van der Waals surface area contributed by atoms with Crippen LogP contribution in [-0.2, 0) is 0 Å². The van der Waals surface area contributed by atoms with Gasteiger partial charge in [0.25, 0.3) is 0 Å². The van der Waals surface area contributed by atoms with Gasteiger partial charge in [0.15, 0.2) is 0 Å². The lowest BCUT2D eigenvalue weighted by Gasteiger charge is -2.45. The Kier molecular flexibility index (Phi) is 4.84. The molecule has 2 rings (SSSR count). The summed E-state index contributed by atoms with van der Waals surface area (Å²) in [6.45, 7) is 10.8. The number of piperazine rings is 1. The number of aliphatic hydroxyl groups excluding tert-OH is 1. The predicted molar refractivity (Wildman–Crippen MR) is 83.9 cm³/mol. The Morgan fingerprint density at radius 2 is 1.60 bits per heavy atom. The van der Waals surface area contributed by atoms with Crippen LogP contribution < -0.4 is 0 Å². The van der Waals surface area contributed by atoms with Crippen molar-refractivity contribution in [3.63, 3.8) is 0 Å². The van der Waals surface area contributed by atoms with Gasteiger partial charge < -0.3 is 5.11 Å². The number of rotatable bonds is 3. The van der Waals surface area contributed by atoms with Gasteiger partial charge >= 0.3 is 0 Å². The number of hydrogen-bond donors (Lipinski definition) is 1. The third kappa shape index (κ3) is 3.22. The van der Waals surface area contributed by atoms with E-state index in [1.807, 2.05) is 12.1 Å². The van der Waals surface area contributed by atoms with Crippen LogP contribution in [0.2, 0.25) is 0 Å². The molecule has 1 heterocycles. The highest BCUT2D eigenvalue weighted by molar-refractivity contribution is 5.24. The summed E-state index contributed by atoms with van der Waals surface area (Å²) in [6.07, 6.45) is -0.418. The number of likely N-dealkylation sites (N-methyl/N-ethyl adjacent to an activating group) is 1. The molecule has 4 atom stereocenters. The zero-order chi connectivity index (χ0) is 14.9. The Morgan fingerprint density at radius 1 is 1.10 bits per heavy atom. The van der Waals surface area contributed by atoms with Crippen molar-refractivity contribution in [1.29, 1.82) is 0 Å². The molecule has 0 saturated carbocycles. The summed E-state index contributed by atoms with van der Waals surface area (Å²) in [7, 11) is 2.19. The molecule has 112 valence electrons. The monoisotopic (exact) mass is 276 g/mol. The summed E-state index contributed by atoms with van der Waals surface area (Å²) in [5.74, 6) is 0. The second-order valence-corrected chi connectivity index (χ2v) is 6.41. The van der Waals surface area contributed by atoms with Gasteiger partial charge in [-0.25, -0.2) is 0 Å². The van der Waals surface area contributed by atoms with E-state index in [0.29, 0.717) is 12.1 Å². The molecular formula is C17H28N2O. The molecule has 20 heavy (non-hydrogen) atoms. The van der Waals surface area contributed by atoms with Gasteiger partial charge in [0.05, 0.1) is 6.10 Å². The highest BCUT2D eigenvalue weighted by atomic mass is 16.3. The van der Waals surface area contributed by atoms with Crippen LogP contribution in [0.4, 0.5) is 0 Å². The molecule has 1 aromatic carbocycles. The Labute approximate surface area is 123 Å². The molecule has 0 bridgehead atoms. The number of aliphatic hydroxyl groups is 1. The van der Waals surface area contributed by atoms with E-state index in [9.17, 15) is 5.11 Å². The highest BCUT2D eigenvalue weighted by Gasteiger charge is 2.32. The minimum atomic E-state index is -0.418. The maximum absolute atomic E-state index is 10.6. The third-order valence-electron chi connectivity index (χ3n) is 4.84. The van der Waals surface area contributed by atoms with Crippen molar-refractivity contribution < 1.29 is 5.11 Å². The lowest BCUT2D eigenvalue weighted by molar-refractivity contribution is -0.00808. The van der Waals surface area contributed by atoms with Gasteiger partial charge in [-0.1, -0.05) is 29.8 Å². The van der Waals surface area contributed by atoms with Crippen molar-refractivity contribution in [1.82, 2.24) is 9.80 Å². The molecule has 4 unspecified atom stereocenters. The van der Waals surface area contributed by atoms with Crippen LogP contribution in [0.5, 0.6) is 0 Å². The summed E-state index contributed by atoms with van der Waals surface area (Å²) in [4.78, 5) is 4.83. The van der Waals surface area contributed by atoms with Crippen LogP contribution in [0.3, 0.4) is 0 Å². The van der Waals surface area contributed by atoms with Gasteiger partial charge in [0.2, 0.25) is 0 Å². The quantitative estimate of drug-likeness (QED) is 0.918. The fourth-order valence-corrected chi connectivity index (χ4v) is 3.02. The summed E-state index contributed by atoms with van der Waals surface area (Å²) in [5.41, 5.74) is 2.25. The van der Waals surface area contributed by atoms with E-state index < -0.39 is 6.10 Å². The van der Waals surface area contributed by atoms with Crippen LogP contribution in [0.25, 0.3) is 0 Å². The first-order valence-electron chi connectivity index (χ1n) is 7.60. The van der Waals surface area contributed by atoms with Crippen LogP contribution in [0.1, 0.15) is 38.0 Å². The van der Waals surface area contributed by atoms with Gasteiger partial charge in [-0.05, 0) is 40.3 Å². The summed E-state index contributed by atoms with van der Waals surface area (Å²) in [5, 5.41) is 10.6. The Balaban J connectivity index is 2.06. The highest BCUT2D eigenvalue weighted by Crippen LogP contribution is 2.24. The van der Waals surface area contributed by atoms with Gasteiger partial charge in [0.1, 0.15) is 0 Å². The minimum Gasteiger partial charge on any atom is -0.387 e. The normalized spacial score (nSPS) is 28.3. The summed E-state index contributed by atoms with van der Waals surface area (Å²) in [6, 6.07) is 9.44. The first-order valence-corrected chi connectivity index (χ1v) is 7.60. The van der Waals surface area contributed by atoms with E-state index >= 15 is 0 Å².